The van der Waals surface area contributed by atoms with Gasteiger partial charge in [-0.15, -0.1) is 0 Å². The molecule has 0 saturated heterocycles. The smallest absolute Gasteiger partial charge is 0.132 e. The van der Waals surface area contributed by atoms with Crippen molar-refractivity contribution in [3.05, 3.63) is 65.0 Å². The van der Waals surface area contributed by atoms with Crippen LogP contribution in [0.15, 0.2) is 42.5 Å². The lowest BCUT2D eigenvalue weighted by Crippen LogP contribution is -2.29. The fraction of sp³-hybridized carbons (Fsp3) is 0.200. The number of ether oxygens (including phenoxy) is 1. The highest BCUT2D eigenvalue weighted by atomic mass is 19.1. The molecule has 0 aliphatic rings. The molecular weight excluding hydrogens is 243 g/mol. The highest BCUT2D eigenvalue weighted by molar-refractivity contribution is 5.42. The minimum Gasteiger partial charge on any atom is -0.496 e. The third kappa shape index (κ3) is 2.75. The van der Waals surface area contributed by atoms with Crippen LogP contribution in [0, 0.1) is 12.7 Å². The van der Waals surface area contributed by atoms with Gasteiger partial charge < -0.3 is 4.74 Å². The van der Waals surface area contributed by atoms with Gasteiger partial charge in [0.2, 0.25) is 0 Å². The molecule has 19 heavy (non-hydrogen) atoms. The molecule has 2 rings (SSSR count). The summed E-state index contributed by atoms with van der Waals surface area (Å²) in [6.45, 7) is 2.00. The molecule has 2 aromatic carbocycles. The molecule has 0 aliphatic heterocycles. The second kappa shape index (κ2) is 5.82. The van der Waals surface area contributed by atoms with Crippen molar-refractivity contribution in [2.75, 3.05) is 7.11 Å². The summed E-state index contributed by atoms with van der Waals surface area (Å²) in [6, 6.07) is 12.1. The average molecular weight is 260 g/mol. The van der Waals surface area contributed by atoms with E-state index in [1.54, 1.807) is 12.1 Å². The van der Waals surface area contributed by atoms with E-state index in [2.05, 4.69) is 5.43 Å². The van der Waals surface area contributed by atoms with Crippen LogP contribution < -0.4 is 16.0 Å². The minimum atomic E-state index is -0.447. The van der Waals surface area contributed by atoms with Gasteiger partial charge in [0.1, 0.15) is 11.6 Å². The molecule has 100 valence electrons. The molecule has 3 nitrogen and oxygen atoms in total. The quantitative estimate of drug-likeness (QED) is 0.656. The van der Waals surface area contributed by atoms with Gasteiger partial charge in [0.25, 0.3) is 0 Å². The standard InChI is InChI=1S/C15H17FN2O/c1-10-6-8-11(9-7-10)15(18-17)14-12(16)4-3-5-13(14)19-2/h3-9,15,18H,17H2,1-2H3. The molecular formula is C15H17FN2O. The number of nitrogens with one attached hydrogen (secondary N) is 1. The summed E-state index contributed by atoms with van der Waals surface area (Å²) in [5.41, 5.74) is 5.09. The van der Waals surface area contributed by atoms with Gasteiger partial charge >= 0.3 is 0 Å². The number of nitrogens with two attached hydrogens (primary N) is 1. The Balaban J connectivity index is 2.50. The van der Waals surface area contributed by atoms with Crippen molar-refractivity contribution in [2.45, 2.75) is 13.0 Å². The van der Waals surface area contributed by atoms with Crippen molar-refractivity contribution in [3.8, 4) is 5.75 Å². The molecule has 0 aromatic heterocycles. The van der Waals surface area contributed by atoms with Crippen LogP contribution in [0.2, 0.25) is 0 Å². The number of rotatable bonds is 4. The third-order valence-electron chi connectivity index (χ3n) is 3.10. The van der Waals surface area contributed by atoms with Crippen molar-refractivity contribution in [2.24, 2.45) is 5.84 Å². The van der Waals surface area contributed by atoms with Crippen LogP contribution in [0.4, 0.5) is 4.39 Å². The van der Waals surface area contributed by atoms with Gasteiger partial charge in [0, 0.05) is 0 Å². The summed E-state index contributed by atoms with van der Waals surface area (Å²) in [5.74, 6) is 5.73. The second-order valence-electron chi connectivity index (χ2n) is 4.37. The first kappa shape index (κ1) is 13.5. The van der Waals surface area contributed by atoms with Gasteiger partial charge in [-0.05, 0) is 24.6 Å². The largest absolute Gasteiger partial charge is 0.496 e. The summed E-state index contributed by atoms with van der Waals surface area (Å²) < 4.78 is 19.3. The fourth-order valence-corrected chi connectivity index (χ4v) is 2.08. The number of methoxy groups -OCH3 is 1. The Morgan fingerprint density at radius 3 is 2.42 bits per heavy atom. The van der Waals surface area contributed by atoms with Crippen molar-refractivity contribution in [1.29, 1.82) is 0 Å². The van der Waals surface area contributed by atoms with Crippen molar-refractivity contribution < 1.29 is 9.13 Å². The molecule has 3 N–H and O–H groups in total. The Kier molecular flexibility index (Phi) is 4.14. The van der Waals surface area contributed by atoms with Crippen LogP contribution in [-0.4, -0.2) is 7.11 Å². The lowest BCUT2D eigenvalue weighted by molar-refractivity contribution is 0.397. The zero-order valence-corrected chi connectivity index (χ0v) is 11.0. The first-order chi connectivity index (χ1) is 9.17. The Bertz CT molecular complexity index is 555. The normalized spacial score (nSPS) is 12.2. The number of aryl methyl sites for hydroxylation is 1. The molecule has 0 aliphatic carbocycles. The van der Waals surface area contributed by atoms with E-state index in [0.29, 0.717) is 11.3 Å². The van der Waals surface area contributed by atoms with E-state index in [-0.39, 0.29) is 5.82 Å². The summed E-state index contributed by atoms with van der Waals surface area (Å²) in [6.07, 6.45) is 0. The van der Waals surface area contributed by atoms with E-state index in [4.69, 9.17) is 10.6 Å². The zero-order chi connectivity index (χ0) is 13.8. The predicted octanol–water partition coefficient (Wildman–Crippen LogP) is 2.70. The lowest BCUT2D eigenvalue weighted by Gasteiger charge is -2.20. The third-order valence-corrected chi connectivity index (χ3v) is 3.10. The van der Waals surface area contributed by atoms with Crippen molar-refractivity contribution in [3.63, 3.8) is 0 Å². The maximum Gasteiger partial charge on any atom is 0.132 e. The average Bonchev–Trinajstić information content (AvgIpc) is 2.43. The maximum atomic E-state index is 14.1. The summed E-state index contributed by atoms with van der Waals surface area (Å²) >= 11 is 0. The van der Waals surface area contributed by atoms with Gasteiger partial charge in [0.05, 0.1) is 18.7 Å². The summed E-state index contributed by atoms with van der Waals surface area (Å²) in [5, 5.41) is 0. The van der Waals surface area contributed by atoms with E-state index in [1.165, 1.54) is 13.2 Å². The highest BCUT2D eigenvalue weighted by Crippen LogP contribution is 2.31. The summed E-state index contributed by atoms with van der Waals surface area (Å²) in [4.78, 5) is 0. The predicted molar refractivity (Wildman–Crippen MR) is 73.3 cm³/mol. The first-order valence-electron chi connectivity index (χ1n) is 6.02. The SMILES string of the molecule is COc1cccc(F)c1C(NN)c1ccc(C)cc1. The zero-order valence-electron chi connectivity index (χ0n) is 11.0. The topological polar surface area (TPSA) is 47.3 Å². The number of hydrazine groups is 1. The first-order valence-corrected chi connectivity index (χ1v) is 6.02. The number of hydrogen-bond acceptors (Lipinski definition) is 3. The van der Waals surface area contributed by atoms with E-state index in [9.17, 15) is 4.39 Å². The number of halogens is 1. The second-order valence-corrected chi connectivity index (χ2v) is 4.37. The molecule has 0 saturated carbocycles. The fourth-order valence-electron chi connectivity index (χ4n) is 2.08. The Morgan fingerprint density at radius 2 is 1.84 bits per heavy atom. The van der Waals surface area contributed by atoms with Gasteiger partial charge in [-0.2, -0.15) is 0 Å². The van der Waals surface area contributed by atoms with Gasteiger partial charge in [0.15, 0.2) is 0 Å². The highest BCUT2D eigenvalue weighted by Gasteiger charge is 2.20. The van der Waals surface area contributed by atoms with Gasteiger partial charge in [-0.1, -0.05) is 35.9 Å². The van der Waals surface area contributed by atoms with E-state index in [0.717, 1.165) is 11.1 Å². The van der Waals surface area contributed by atoms with Crippen molar-refractivity contribution >= 4 is 0 Å². The van der Waals surface area contributed by atoms with E-state index < -0.39 is 6.04 Å². The van der Waals surface area contributed by atoms with E-state index >= 15 is 0 Å². The van der Waals surface area contributed by atoms with Crippen LogP contribution in [0.1, 0.15) is 22.7 Å². The molecule has 1 unspecified atom stereocenters. The summed E-state index contributed by atoms with van der Waals surface area (Å²) in [7, 11) is 1.51. The molecule has 0 radical (unpaired) electrons. The van der Waals surface area contributed by atoms with Crippen LogP contribution in [0.3, 0.4) is 0 Å². The Morgan fingerprint density at radius 1 is 1.16 bits per heavy atom. The molecule has 2 aromatic rings. The molecule has 0 amide bonds. The molecule has 0 bridgehead atoms. The number of benzene rings is 2. The van der Waals surface area contributed by atoms with Crippen molar-refractivity contribution in [1.82, 2.24) is 5.43 Å². The molecule has 0 heterocycles. The Labute approximate surface area is 112 Å². The van der Waals surface area contributed by atoms with Gasteiger partial charge in [-0.3, -0.25) is 5.84 Å². The minimum absolute atomic E-state index is 0.345. The van der Waals surface area contributed by atoms with E-state index in [1.807, 2.05) is 31.2 Å². The monoisotopic (exact) mass is 260 g/mol. The van der Waals surface area contributed by atoms with Crippen LogP contribution >= 0.6 is 0 Å². The van der Waals surface area contributed by atoms with Crippen LogP contribution in [0.5, 0.6) is 5.75 Å². The Hall–Kier alpha value is -1.91. The molecule has 0 fully saturated rings. The maximum absolute atomic E-state index is 14.1. The van der Waals surface area contributed by atoms with Gasteiger partial charge in [-0.25, -0.2) is 9.82 Å². The molecule has 1 atom stereocenters. The number of hydrogen-bond donors (Lipinski definition) is 2. The van der Waals surface area contributed by atoms with Crippen LogP contribution in [-0.2, 0) is 0 Å². The van der Waals surface area contributed by atoms with Crippen LogP contribution in [0.25, 0.3) is 0 Å². The lowest BCUT2D eigenvalue weighted by atomic mass is 9.97. The molecule has 0 spiro atoms. The molecule has 4 heteroatoms.